The summed E-state index contributed by atoms with van der Waals surface area (Å²) in [6.45, 7) is 7.73. The molecule has 0 bridgehead atoms. The molecule has 19 heavy (non-hydrogen) atoms. The van der Waals surface area contributed by atoms with Crippen LogP contribution in [0.3, 0.4) is 0 Å². The lowest BCUT2D eigenvalue weighted by atomic mass is 9.95. The van der Waals surface area contributed by atoms with Crippen molar-refractivity contribution in [3.63, 3.8) is 0 Å². The SMILES string of the molecule is COC(=O)C(C)(C)COc1cc(C)ccc1C(C)N. The van der Waals surface area contributed by atoms with Gasteiger partial charge in [-0.05, 0) is 39.3 Å². The first-order valence-electron chi connectivity index (χ1n) is 6.35. The third kappa shape index (κ3) is 3.96. The zero-order valence-corrected chi connectivity index (χ0v) is 12.3. The van der Waals surface area contributed by atoms with E-state index in [-0.39, 0.29) is 18.6 Å². The first-order valence-corrected chi connectivity index (χ1v) is 6.35. The molecule has 1 rings (SSSR count). The normalized spacial score (nSPS) is 12.9. The first-order chi connectivity index (χ1) is 8.77. The number of esters is 1. The standard InChI is InChI=1S/C15H23NO3/c1-10-6-7-12(11(2)16)13(8-10)19-9-15(3,4)14(17)18-5/h6-8,11H,9,16H2,1-5H3. The van der Waals surface area contributed by atoms with E-state index >= 15 is 0 Å². The molecule has 0 saturated heterocycles. The van der Waals surface area contributed by atoms with Crippen LogP contribution in [0.25, 0.3) is 0 Å². The van der Waals surface area contributed by atoms with E-state index < -0.39 is 5.41 Å². The van der Waals surface area contributed by atoms with E-state index in [1.54, 1.807) is 13.8 Å². The second-order valence-corrected chi connectivity index (χ2v) is 5.49. The van der Waals surface area contributed by atoms with E-state index in [1.807, 2.05) is 32.0 Å². The Morgan fingerprint density at radius 3 is 2.58 bits per heavy atom. The molecule has 1 unspecified atom stereocenters. The number of benzene rings is 1. The molecular weight excluding hydrogens is 242 g/mol. The Hall–Kier alpha value is -1.55. The minimum absolute atomic E-state index is 0.114. The summed E-state index contributed by atoms with van der Waals surface area (Å²) in [6.07, 6.45) is 0. The van der Waals surface area contributed by atoms with E-state index in [4.69, 9.17) is 15.2 Å². The Kier molecular flexibility index (Phi) is 4.95. The maximum absolute atomic E-state index is 11.6. The smallest absolute Gasteiger partial charge is 0.314 e. The fourth-order valence-corrected chi connectivity index (χ4v) is 1.74. The van der Waals surface area contributed by atoms with E-state index in [0.717, 1.165) is 16.9 Å². The highest BCUT2D eigenvalue weighted by Gasteiger charge is 2.30. The molecule has 0 fully saturated rings. The molecule has 0 spiro atoms. The fourth-order valence-electron chi connectivity index (χ4n) is 1.74. The van der Waals surface area contributed by atoms with Crippen LogP contribution >= 0.6 is 0 Å². The van der Waals surface area contributed by atoms with Crippen molar-refractivity contribution in [2.75, 3.05) is 13.7 Å². The molecule has 0 heterocycles. The van der Waals surface area contributed by atoms with Crippen LogP contribution in [-0.2, 0) is 9.53 Å². The number of ether oxygens (including phenoxy) is 2. The summed E-state index contributed by atoms with van der Waals surface area (Å²) < 4.78 is 10.5. The van der Waals surface area contributed by atoms with Crippen molar-refractivity contribution >= 4 is 5.97 Å². The van der Waals surface area contributed by atoms with Gasteiger partial charge in [0.15, 0.2) is 0 Å². The minimum Gasteiger partial charge on any atom is -0.492 e. The summed E-state index contributed by atoms with van der Waals surface area (Å²) in [5.74, 6) is 0.439. The predicted molar refractivity (Wildman–Crippen MR) is 75.1 cm³/mol. The molecule has 2 N–H and O–H groups in total. The van der Waals surface area contributed by atoms with Crippen molar-refractivity contribution in [3.8, 4) is 5.75 Å². The molecule has 0 radical (unpaired) electrons. The van der Waals surface area contributed by atoms with Crippen LogP contribution in [0.1, 0.15) is 37.9 Å². The van der Waals surface area contributed by atoms with E-state index in [2.05, 4.69) is 0 Å². The van der Waals surface area contributed by atoms with Crippen molar-refractivity contribution in [1.29, 1.82) is 0 Å². The average molecular weight is 265 g/mol. The van der Waals surface area contributed by atoms with Crippen LogP contribution in [-0.4, -0.2) is 19.7 Å². The van der Waals surface area contributed by atoms with Gasteiger partial charge in [-0.1, -0.05) is 12.1 Å². The average Bonchev–Trinajstić information content (AvgIpc) is 2.35. The summed E-state index contributed by atoms with van der Waals surface area (Å²) in [6, 6.07) is 5.78. The molecule has 4 nitrogen and oxygen atoms in total. The van der Waals surface area contributed by atoms with Crippen LogP contribution in [0.5, 0.6) is 5.75 Å². The number of carbonyl (C=O) groups excluding carboxylic acids is 1. The molecule has 0 aliphatic rings. The molecule has 0 saturated carbocycles. The van der Waals surface area contributed by atoms with Gasteiger partial charge in [0.05, 0.1) is 12.5 Å². The van der Waals surface area contributed by atoms with Gasteiger partial charge >= 0.3 is 5.97 Å². The van der Waals surface area contributed by atoms with Gasteiger partial charge in [-0.2, -0.15) is 0 Å². The predicted octanol–water partition coefficient (Wildman–Crippen LogP) is 2.59. The van der Waals surface area contributed by atoms with Crippen LogP contribution in [0.15, 0.2) is 18.2 Å². The van der Waals surface area contributed by atoms with Gasteiger partial charge in [0.2, 0.25) is 0 Å². The quantitative estimate of drug-likeness (QED) is 0.831. The molecule has 0 aliphatic heterocycles. The Morgan fingerprint density at radius 2 is 2.05 bits per heavy atom. The van der Waals surface area contributed by atoms with Crippen LogP contribution in [0, 0.1) is 12.3 Å². The molecule has 0 aromatic heterocycles. The summed E-state index contributed by atoms with van der Waals surface area (Å²) in [5.41, 5.74) is 7.26. The molecular formula is C15H23NO3. The number of rotatable bonds is 5. The Bertz CT molecular complexity index is 453. The third-order valence-corrected chi connectivity index (χ3v) is 2.99. The van der Waals surface area contributed by atoms with Gasteiger partial charge in [0.25, 0.3) is 0 Å². The number of hydrogen-bond donors (Lipinski definition) is 1. The first kappa shape index (κ1) is 15.5. The van der Waals surface area contributed by atoms with Crippen molar-refractivity contribution in [2.24, 2.45) is 11.1 Å². The van der Waals surface area contributed by atoms with Gasteiger partial charge in [0, 0.05) is 11.6 Å². The minimum atomic E-state index is -0.687. The lowest BCUT2D eigenvalue weighted by Gasteiger charge is -2.23. The van der Waals surface area contributed by atoms with E-state index in [0.29, 0.717) is 0 Å². The van der Waals surface area contributed by atoms with Crippen molar-refractivity contribution in [3.05, 3.63) is 29.3 Å². The summed E-state index contributed by atoms with van der Waals surface area (Å²) in [4.78, 5) is 11.6. The number of carbonyl (C=O) groups is 1. The van der Waals surface area contributed by atoms with Crippen LogP contribution < -0.4 is 10.5 Å². The largest absolute Gasteiger partial charge is 0.492 e. The molecule has 0 aliphatic carbocycles. The highest BCUT2D eigenvalue weighted by Crippen LogP contribution is 2.27. The fraction of sp³-hybridized carbons (Fsp3) is 0.533. The lowest BCUT2D eigenvalue weighted by Crippen LogP contribution is -2.32. The molecule has 0 amide bonds. The zero-order valence-electron chi connectivity index (χ0n) is 12.3. The van der Waals surface area contributed by atoms with Crippen molar-refractivity contribution in [2.45, 2.75) is 33.7 Å². The van der Waals surface area contributed by atoms with Gasteiger partial charge in [-0.15, -0.1) is 0 Å². The Labute approximate surface area is 114 Å². The second-order valence-electron chi connectivity index (χ2n) is 5.49. The molecule has 1 aromatic carbocycles. The van der Waals surface area contributed by atoms with Crippen molar-refractivity contribution < 1.29 is 14.3 Å². The maximum atomic E-state index is 11.6. The number of nitrogens with two attached hydrogens (primary N) is 1. The number of aryl methyl sites for hydroxylation is 1. The maximum Gasteiger partial charge on any atom is 0.314 e. The van der Waals surface area contributed by atoms with Gasteiger partial charge < -0.3 is 15.2 Å². The number of methoxy groups -OCH3 is 1. The zero-order chi connectivity index (χ0) is 14.6. The van der Waals surface area contributed by atoms with Crippen LogP contribution in [0.4, 0.5) is 0 Å². The van der Waals surface area contributed by atoms with Gasteiger partial charge in [-0.25, -0.2) is 0 Å². The Balaban J connectivity index is 2.88. The Morgan fingerprint density at radius 1 is 1.42 bits per heavy atom. The molecule has 4 heteroatoms. The highest BCUT2D eigenvalue weighted by molar-refractivity contribution is 5.75. The summed E-state index contributed by atoms with van der Waals surface area (Å²) in [5, 5.41) is 0. The number of hydrogen-bond acceptors (Lipinski definition) is 4. The lowest BCUT2D eigenvalue weighted by molar-refractivity contribution is -0.152. The van der Waals surface area contributed by atoms with Crippen LogP contribution in [0.2, 0.25) is 0 Å². The molecule has 106 valence electrons. The summed E-state index contributed by atoms with van der Waals surface area (Å²) >= 11 is 0. The topological polar surface area (TPSA) is 61.5 Å². The second kappa shape index (κ2) is 6.06. The highest BCUT2D eigenvalue weighted by atomic mass is 16.5. The summed E-state index contributed by atoms with van der Waals surface area (Å²) in [7, 11) is 1.38. The van der Waals surface area contributed by atoms with E-state index in [1.165, 1.54) is 7.11 Å². The molecule has 1 aromatic rings. The van der Waals surface area contributed by atoms with Crippen molar-refractivity contribution in [1.82, 2.24) is 0 Å². The van der Waals surface area contributed by atoms with E-state index in [9.17, 15) is 4.79 Å². The van der Waals surface area contributed by atoms with Gasteiger partial charge in [-0.3, -0.25) is 4.79 Å². The molecule has 1 atom stereocenters. The monoisotopic (exact) mass is 265 g/mol. The van der Waals surface area contributed by atoms with Gasteiger partial charge in [0.1, 0.15) is 12.4 Å². The third-order valence-electron chi connectivity index (χ3n) is 2.99.